The molecule has 17 heavy (non-hydrogen) atoms. The molecule has 3 aliphatic rings. The molecule has 0 spiro atoms. The average Bonchev–Trinajstić information content (AvgIpc) is 2.98. The Morgan fingerprint density at radius 2 is 1.94 bits per heavy atom. The lowest BCUT2D eigenvalue weighted by Gasteiger charge is -2.38. The normalized spacial score (nSPS) is 44.3. The molecular weight excluding hydrogens is 214 g/mol. The van der Waals surface area contributed by atoms with Crippen molar-refractivity contribution in [2.24, 2.45) is 5.92 Å². The zero-order valence-corrected chi connectivity index (χ0v) is 10.7. The molecule has 0 aromatic carbocycles. The second-order valence-electron chi connectivity index (χ2n) is 5.98. The van der Waals surface area contributed by atoms with Gasteiger partial charge in [-0.15, -0.1) is 0 Å². The van der Waals surface area contributed by atoms with Gasteiger partial charge in [0.05, 0.1) is 12.7 Å². The van der Waals surface area contributed by atoms with Crippen LogP contribution in [0.3, 0.4) is 0 Å². The fourth-order valence-corrected chi connectivity index (χ4v) is 4.13. The number of hydrogen-bond donors (Lipinski definition) is 1. The van der Waals surface area contributed by atoms with Crippen molar-refractivity contribution in [1.82, 2.24) is 4.90 Å². The molecule has 0 amide bonds. The van der Waals surface area contributed by atoms with Gasteiger partial charge in [-0.3, -0.25) is 4.90 Å². The van der Waals surface area contributed by atoms with Gasteiger partial charge in [-0.2, -0.15) is 0 Å². The van der Waals surface area contributed by atoms with Crippen LogP contribution >= 0.6 is 0 Å². The Morgan fingerprint density at radius 1 is 1.00 bits per heavy atom. The standard InChI is InChI=1S/C14H25NO2/c16-14-7-1-5-12(14)13-6-2-8-15(13)11-4-3-9-17-10-11/h11-14,16H,1-10H2. The predicted molar refractivity (Wildman–Crippen MR) is 66.9 cm³/mol. The van der Waals surface area contributed by atoms with Crippen LogP contribution in [0.4, 0.5) is 0 Å². The first-order valence-electron chi connectivity index (χ1n) is 7.38. The van der Waals surface area contributed by atoms with Gasteiger partial charge >= 0.3 is 0 Å². The molecule has 0 radical (unpaired) electrons. The van der Waals surface area contributed by atoms with Gasteiger partial charge in [-0.25, -0.2) is 0 Å². The van der Waals surface area contributed by atoms with Gasteiger partial charge in [0.2, 0.25) is 0 Å². The maximum Gasteiger partial charge on any atom is 0.0621 e. The molecule has 0 aromatic rings. The topological polar surface area (TPSA) is 32.7 Å². The van der Waals surface area contributed by atoms with Crippen molar-refractivity contribution in [3.05, 3.63) is 0 Å². The zero-order valence-electron chi connectivity index (χ0n) is 10.7. The minimum Gasteiger partial charge on any atom is -0.393 e. The molecule has 1 aliphatic carbocycles. The number of likely N-dealkylation sites (tertiary alicyclic amines) is 1. The molecule has 1 saturated carbocycles. The molecule has 3 heteroatoms. The monoisotopic (exact) mass is 239 g/mol. The van der Waals surface area contributed by atoms with Crippen LogP contribution < -0.4 is 0 Å². The SMILES string of the molecule is OC1CCCC1C1CCCN1C1CCCOC1. The fourth-order valence-electron chi connectivity index (χ4n) is 4.13. The molecule has 4 unspecified atom stereocenters. The number of nitrogens with zero attached hydrogens (tertiary/aromatic N) is 1. The van der Waals surface area contributed by atoms with Crippen molar-refractivity contribution in [3.8, 4) is 0 Å². The Labute approximate surface area is 104 Å². The van der Waals surface area contributed by atoms with Crippen LogP contribution in [-0.4, -0.2) is 48.0 Å². The maximum absolute atomic E-state index is 10.1. The molecule has 4 atom stereocenters. The lowest BCUT2D eigenvalue weighted by Crippen LogP contribution is -2.48. The summed E-state index contributed by atoms with van der Waals surface area (Å²) in [5, 5.41) is 10.1. The largest absolute Gasteiger partial charge is 0.393 e. The summed E-state index contributed by atoms with van der Waals surface area (Å²) in [7, 11) is 0. The van der Waals surface area contributed by atoms with Crippen LogP contribution in [0.25, 0.3) is 0 Å². The molecule has 0 bridgehead atoms. The Morgan fingerprint density at radius 3 is 2.65 bits per heavy atom. The third-order valence-electron chi connectivity index (χ3n) is 4.97. The molecule has 0 aromatic heterocycles. The van der Waals surface area contributed by atoms with Crippen molar-refractivity contribution in [2.45, 2.75) is 63.1 Å². The van der Waals surface area contributed by atoms with E-state index in [1.54, 1.807) is 0 Å². The minimum atomic E-state index is -0.0369. The van der Waals surface area contributed by atoms with Crippen LogP contribution in [0.15, 0.2) is 0 Å². The van der Waals surface area contributed by atoms with Crippen LogP contribution in [0, 0.1) is 5.92 Å². The summed E-state index contributed by atoms with van der Waals surface area (Å²) in [6.07, 6.45) is 8.54. The second kappa shape index (κ2) is 5.25. The maximum atomic E-state index is 10.1. The van der Waals surface area contributed by atoms with E-state index in [2.05, 4.69) is 4.90 Å². The van der Waals surface area contributed by atoms with E-state index >= 15 is 0 Å². The van der Waals surface area contributed by atoms with Crippen LogP contribution in [-0.2, 0) is 4.74 Å². The second-order valence-corrected chi connectivity index (χ2v) is 5.98. The van der Waals surface area contributed by atoms with Gasteiger partial charge < -0.3 is 9.84 Å². The van der Waals surface area contributed by atoms with E-state index < -0.39 is 0 Å². The van der Waals surface area contributed by atoms with Crippen molar-refractivity contribution in [2.75, 3.05) is 19.8 Å². The highest BCUT2D eigenvalue weighted by molar-refractivity contribution is 4.94. The molecule has 3 nitrogen and oxygen atoms in total. The minimum absolute atomic E-state index is 0.0369. The molecule has 2 aliphatic heterocycles. The Hall–Kier alpha value is -0.120. The molecule has 3 rings (SSSR count). The van der Waals surface area contributed by atoms with Gasteiger partial charge in [0.25, 0.3) is 0 Å². The zero-order chi connectivity index (χ0) is 11.7. The van der Waals surface area contributed by atoms with E-state index in [1.165, 1.54) is 45.1 Å². The van der Waals surface area contributed by atoms with E-state index in [-0.39, 0.29) is 6.10 Å². The van der Waals surface area contributed by atoms with Gasteiger partial charge in [-0.1, -0.05) is 6.42 Å². The molecule has 1 N–H and O–H groups in total. The first-order chi connectivity index (χ1) is 8.36. The molecule has 3 fully saturated rings. The molecule has 2 saturated heterocycles. The number of rotatable bonds is 2. The third-order valence-corrected chi connectivity index (χ3v) is 4.97. The van der Waals surface area contributed by atoms with E-state index in [4.69, 9.17) is 4.74 Å². The predicted octanol–water partition coefficient (Wildman–Crippen LogP) is 1.79. The van der Waals surface area contributed by atoms with E-state index in [1.807, 2.05) is 0 Å². The van der Waals surface area contributed by atoms with Crippen LogP contribution in [0.1, 0.15) is 44.9 Å². The summed E-state index contributed by atoms with van der Waals surface area (Å²) >= 11 is 0. The quantitative estimate of drug-likeness (QED) is 0.797. The molecule has 2 heterocycles. The van der Waals surface area contributed by atoms with Crippen molar-refractivity contribution in [3.63, 3.8) is 0 Å². The highest BCUT2D eigenvalue weighted by atomic mass is 16.5. The Kier molecular flexibility index (Phi) is 3.69. The summed E-state index contributed by atoms with van der Waals surface area (Å²) in [5.41, 5.74) is 0. The number of aliphatic hydroxyl groups is 1. The summed E-state index contributed by atoms with van der Waals surface area (Å²) < 4.78 is 5.63. The molecule has 98 valence electrons. The van der Waals surface area contributed by atoms with E-state index in [9.17, 15) is 5.11 Å². The van der Waals surface area contributed by atoms with Crippen molar-refractivity contribution in [1.29, 1.82) is 0 Å². The summed E-state index contributed by atoms with van der Waals surface area (Å²) in [6, 6.07) is 1.27. The summed E-state index contributed by atoms with van der Waals surface area (Å²) in [6.45, 7) is 3.09. The Balaban J connectivity index is 1.66. The summed E-state index contributed by atoms with van der Waals surface area (Å²) in [5.74, 6) is 0.541. The van der Waals surface area contributed by atoms with Gasteiger partial charge in [0.1, 0.15) is 0 Å². The number of aliphatic hydroxyl groups excluding tert-OH is 1. The highest BCUT2D eigenvalue weighted by Crippen LogP contribution is 2.37. The molecular formula is C14H25NO2. The number of hydrogen-bond acceptors (Lipinski definition) is 3. The van der Waals surface area contributed by atoms with E-state index in [0.29, 0.717) is 18.0 Å². The first-order valence-corrected chi connectivity index (χ1v) is 7.38. The lowest BCUT2D eigenvalue weighted by atomic mass is 9.92. The van der Waals surface area contributed by atoms with E-state index in [0.717, 1.165) is 19.6 Å². The van der Waals surface area contributed by atoms with Gasteiger partial charge in [-0.05, 0) is 45.1 Å². The fraction of sp³-hybridized carbons (Fsp3) is 1.00. The van der Waals surface area contributed by atoms with Crippen molar-refractivity contribution >= 4 is 0 Å². The van der Waals surface area contributed by atoms with Gasteiger partial charge in [0.15, 0.2) is 0 Å². The van der Waals surface area contributed by atoms with Crippen molar-refractivity contribution < 1.29 is 9.84 Å². The smallest absolute Gasteiger partial charge is 0.0621 e. The lowest BCUT2D eigenvalue weighted by molar-refractivity contribution is -0.00999. The first kappa shape index (κ1) is 11.9. The van der Waals surface area contributed by atoms with Crippen LogP contribution in [0.2, 0.25) is 0 Å². The number of ether oxygens (including phenoxy) is 1. The third kappa shape index (κ3) is 2.38. The van der Waals surface area contributed by atoms with Crippen LogP contribution in [0.5, 0.6) is 0 Å². The Bertz CT molecular complexity index is 253. The van der Waals surface area contributed by atoms with Gasteiger partial charge in [0, 0.05) is 24.6 Å². The highest BCUT2D eigenvalue weighted by Gasteiger charge is 2.40. The average molecular weight is 239 g/mol. The summed E-state index contributed by atoms with van der Waals surface area (Å²) in [4.78, 5) is 2.67.